The summed E-state index contributed by atoms with van der Waals surface area (Å²) < 4.78 is 5.38. The first kappa shape index (κ1) is 19.2. The molecule has 1 N–H and O–H groups in total. The fraction of sp³-hybridized carbons (Fsp3) is 0.391. The van der Waals surface area contributed by atoms with Gasteiger partial charge in [0.2, 0.25) is 0 Å². The number of esters is 1. The van der Waals surface area contributed by atoms with E-state index in [1.165, 1.54) is 11.1 Å². The summed E-state index contributed by atoms with van der Waals surface area (Å²) in [6.07, 6.45) is 2.15. The highest BCUT2D eigenvalue weighted by atomic mass is 16.5. The molecule has 2 aromatic carbocycles. The Kier molecular flexibility index (Phi) is 5.94. The molecule has 2 aromatic rings. The Labute approximate surface area is 160 Å². The average molecular weight is 365 g/mol. The Morgan fingerprint density at radius 1 is 1.04 bits per heavy atom. The van der Waals surface area contributed by atoms with Gasteiger partial charge in [-0.25, -0.2) is 4.79 Å². The van der Waals surface area contributed by atoms with Crippen LogP contribution >= 0.6 is 0 Å². The number of benzene rings is 2. The molecule has 1 aliphatic carbocycles. The maximum Gasteiger partial charge on any atom is 0.338 e. The number of rotatable bonds is 5. The largest absolute Gasteiger partial charge is 0.449 e. The van der Waals surface area contributed by atoms with Crippen molar-refractivity contribution in [2.75, 3.05) is 0 Å². The zero-order valence-electron chi connectivity index (χ0n) is 16.2. The molecule has 0 aliphatic heterocycles. The Hall–Kier alpha value is -2.62. The summed E-state index contributed by atoms with van der Waals surface area (Å²) in [5.41, 5.74) is 4.07. The van der Waals surface area contributed by atoms with E-state index in [9.17, 15) is 9.59 Å². The molecule has 0 saturated carbocycles. The van der Waals surface area contributed by atoms with Crippen molar-refractivity contribution < 1.29 is 14.3 Å². The van der Waals surface area contributed by atoms with E-state index < -0.39 is 12.1 Å². The molecular weight excluding hydrogens is 338 g/mol. The van der Waals surface area contributed by atoms with Crippen LogP contribution in [0.2, 0.25) is 0 Å². The lowest BCUT2D eigenvalue weighted by Gasteiger charge is -2.27. The quantitative estimate of drug-likeness (QED) is 0.791. The predicted octanol–water partition coefficient (Wildman–Crippen LogP) is 4.55. The second-order valence-corrected chi connectivity index (χ2v) is 7.48. The van der Waals surface area contributed by atoms with Crippen molar-refractivity contribution in [1.82, 2.24) is 5.32 Å². The molecule has 0 spiro atoms. The van der Waals surface area contributed by atoms with Crippen molar-refractivity contribution in [1.29, 1.82) is 0 Å². The molecule has 0 bridgehead atoms. The molecule has 1 aliphatic rings. The van der Waals surface area contributed by atoms with Crippen LogP contribution in [0.15, 0.2) is 48.5 Å². The number of carbonyl (C=O) groups excluding carboxylic acids is 2. The van der Waals surface area contributed by atoms with Gasteiger partial charge in [-0.15, -0.1) is 0 Å². The third kappa shape index (κ3) is 4.57. The molecule has 27 heavy (non-hydrogen) atoms. The van der Waals surface area contributed by atoms with Crippen LogP contribution in [0.3, 0.4) is 0 Å². The smallest absolute Gasteiger partial charge is 0.338 e. The Morgan fingerprint density at radius 3 is 2.44 bits per heavy atom. The number of carbonyl (C=O) groups is 2. The number of amides is 1. The predicted molar refractivity (Wildman–Crippen MR) is 106 cm³/mol. The number of aryl methyl sites for hydroxylation is 1. The molecule has 1 amide bonds. The molecule has 0 radical (unpaired) electrons. The fourth-order valence-corrected chi connectivity index (χ4v) is 3.48. The second kappa shape index (κ2) is 8.38. The Bertz CT molecular complexity index is 811. The van der Waals surface area contributed by atoms with Crippen LogP contribution in [0.5, 0.6) is 0 Å². The lowest BCUT2D eigenvalue weighted by molar-refractivity contribution is -0.130. The maximum absolute atomic E-state index is 12.5. The normalized spacial score (nSPS) is 17.1. The highest BCUT2D eigenvalue weighted by Crippen LogP contribution is 2.29. The fourth-order valence-electron chi connectivity index (χ4n) is 3.48. The maximum atomic E-state index is 12.5. The van der Waals surface area contributed by atoms with E-state index in [4.69, 9.17) is 4.74 Å². The first-order valence-corrected chi connectivity index (χ1v) is 9.65. The van der Waals surface area contributed by atoms with E-state index in [1.807, 2.05) is 24.3 Å². The van der Waals surface area contributed by atoms with Gasteiger partial charge in [0.1, 0.15) is 0 Å². The number of hydrogen-bond donors (Lipinski definition) is 1. The summed E-state index contributed by atoms with van der Waals surface area (Å²) in [4.78, 5) is 24.9. The molecule has 4 nitrogen and oxygen atoms in total. The summed E-state index contributed by atoms with van der Waals surface area (Å²) in [6, 6.07) is 15.5. The number of ether oxygens (including phenoxy) is 1. The third-order valence-electron chi connectivity index (χ3n) is 5.15. The zero-order chi connectivity index (χ0) is 19.4. The van der Waals surface area contributed by atoms with Crippen LogP contribution in [-0.4, -0.2) is 18.0 Å². The number of hydrogen-bond acceptors (Lipinski definition) is 3. The van der Waals surface area contributed by atoms with E-state index in [0.717, 1.165) is 24.8 Å². The van der Waals surface area contributed by atoms with Gasteiger partial charge in [0.05, 0.1) is 11.6 Å². The van der Waals surface area contributed by atoms with Crippen LogP contribution in [0.1, 0.15) is 72.6 Å². The van der Waals surface area contributed by atoms with E-state index in [1.54, 1.807) is 19.1 Å². The van der Waals surface area contributed by atoms with Crippen LogP contribution in [-0.2, 0) is 16.0 Å². The summed E-state index contributed by atoms with van der Waals surface area (Å²) in [5.74, 6) is -0.334. The first-order valence-electron chi connectivity index (χ1n) is 9.65. The second-order valence-electron chi connectivity index (χ2n) is 7.48. The van der Waals surface area contributed by atoms with Gasteiger partial charge in [-0.3, -0.25) is 4.79 Å². The number of fused-ring (bicyclic) bond motifs is 1. The molecule has 3 rings (SSSR count). The van der Waals surface area contributed by atoms with Crippen LogP contribution in [0, 0.1) is 0 Å². The van der Waals surface area contributed by atoms with Crippen molar-refractivity contribution >= 4 is 11.9 Å². The summed E-state index contributed by atoms with van der Waals surface area (Å²) in [5, 5.41) is 3.04. The Morgan fingerprint density at radius 2 is 1.74 bits per heavy atom. The molecule has 0 fully saturated rings. The van der Waals surface area contributed by atoms with Crippen LogP contribution < -0.4 is 5.32 Å². The molecule has 0 aromatic heterocycles. The van der Waals surface area contributed by atoms with Crippen LogP contribution in [0.25, 0.3) is 0 Å². The molecule has 0 heterocycles. The minimum atomic E-state index is -0.837. The van der Waals surface area contributed by atoms with E-state index >= 15 is 0 Å². The lowest BCUT2D eigenvalue weighted by Crippen LogP contribution is -2.39. The van der Waals surface area contributed by atoms with Gasteiger partial charge in [0.25, 0.3) is 5.91 Å². The van der Waals surface area contributed by atoms with Gasteiger partial charge in [0.15, 0.2) is 6.10 Å². The van der Waals surface area contributed by atoms with Gasteiger partial charge >= 0.3 is 5.97 Å². The van der Waals surface area contributed by atoms with Crippen molar-refractivity contribution in [3.63, 3.8) is 0 Å². The minimum absolute atomic E-state index is 0.0195. The minimum Gasteiger partial charge on any atom is -0.449 e. The highest BCUT2D eigenvalue weighted by Gasteiger charge is 2.25. The Balaban J connectivity index is 1.60. The lowest BCUT2D eigenvalue weighted by atomic mass is 9.87. The van der Waals surface area contributed by atoms with Gasteiger partial charge < -0.3 is 10.1 Å². The molecule has 142 valence electrons. The van der Waals surface area contributed by atoms with Crippen LogP contribution in [0.4, 0.5) is 0 Å². The monoisotopic (exact) mass is 365 g/mol. The highest BCUT2D eigenvalue weighted by molar-refractivity contribution is 5.92. The molecule has 2 atom stereocenters. The van der Waals surface area contributed by atoms with E-state index in [2.05, 4.69) is 31.3 Å². The van der Waals surface area contributed by atoms with Crippen molar-refractivity contribution in [3.8, 4) is 0 Å². The van der Waals surface area contributed by atoms with E-state index in [0.29, 0.717) is 11.5 Å². The van der Waals surface area contributed by atoms with Gasteiger partial charge in [-0.1, -0.05) is 50.2 Å². The molecule has 0 unspecified atom stereocenters. The zero-order valence-corrected chi connectivity index (χ0v) is 16.2. The summed E-state index contributed by atoms with van der Waals surface area (Å²) in [7, 11) is 0. The average Bonchev–Trinajstić information content (AvgIpc) is 2.68. The molecule has 4 heteroatoms. The molecular formula is C23H27NO3. The summed E-state index contributed by atoms with van der Waals surface area (Å²) >= 11 is 0. The molecule has 0 saturated heterocycles. The third-order valence-corrected chi connectivity index (χ3v) is 5.15. The SMILES string of the molecule is CC(C)c1ccc(C(=O)O[C@H](C)C(=O)N[C@@H]2CCCc3ccccc32)cc1. The standard InChI is InChI=1S/C23H27NO3/c1-15(2)17-11-13-19(14-12-17)23(26)27-16(3)22(25)24-21-10-6-8-18-7-4-5-9-20(18)21/h4-5,7,9,11-16,21H,6,8,10H2,1-3H3,(H,24,25)/t16-,21-/m1/s1. The van der Waals surface area contributed by atoms with Gasteiger partial charge in [0, 0.05) is 0 Å². The van der Waals surface area contributed by atoms with Crippen molar-refractivity contribution in [2.24, 2.45) is 0 Å². The van der Waals surface area contributed by atoms with E-state index in [-0.39, 0.29) is 11.9 Å². The first-order chi connectivity index (χ1) is 13.0. The van der Waals surface area contributed by atoms with Crippen molar-refractivity contribution in [2.45, 2.75) is 58.1 Å². The van der Waals surface area contributed by atoms with Gasteiger partial charge in [-0.2, -0.15) is 0 Å². The van der Waals surface area contributed by atoms with Crippen molar-refractivity contribution in [3.05, 3.63) is 70.8 Å². The number of nitrogens with one attached hydrogen (secondary N) is 1. The summed E-state index contributed by atoms with van der Waals surface area (Å²) in [6.45, 7) is 5.82. The topological polar surface area (TPSA) is 55.4 Å². The van der Waals surface area contributed by atoms with Gasteiger partial charge in [-0.05, 0) is 60.9 Å².